The lowest BCUT2D eigenvalue weighted by molar-refractivity contribution is 0.102. The first-order chi connectivity index (χ1) is 13.7. The van der Waals surface area contributed by atoms with Gasteiger partial charge in [-0.05, 0) is 25.0 Å². The molecule has 6 heteroatoms. The van der Waals surface area contributed by atoms with E-state index in [0.717, 1.165) is 23.2 Å². The topological polar surface area (TPSA) is 76.1 Å². The Balaban J connectivity index is 1.88. The Morgan fingerprint density at radius 2 is 1.79 bits per heavy atom. The minimum Gasteiger partial charge on any atom is -0.385 e. The zero-order valence-corrected chi connectivity index (χ0v) is 16.1. The van der Waals surface area contributed by atoms with Gasteiger partial charge in [-0.3, -0.25) is 4.79 Å². The normalized spacial score (nSPS) is 10.5. The maximum absolute atomic E-state index is 12.8. The number of ether oxygens (including phenoxy) is 1. The van der Waals surface area contributed by atoms with Gasteiger partial charge in [0, 0.05) is 37.6 Å². The highest BCUT2D eigenvalue weighted by molar-refractivity contribution is 6.03. The molecule has 0 aliphatic carbocycles. The van der Waals surface area contributed by atoms with E-state index in [1.54, 1.807) is 13.2 Å². The molecule has 0 saturated heterocycles. The summed E-state index contributed by atoms with van der Waals surface area (Å²) in [6, 6.07) is 18.9. The highest BCUT2D eigenvalue weighted by Gasteiger charge is 2.14. The fraction of sp³-hybridized carbons (Fsp3) is 0.227. The van der Waals surface area contributed by atoms with Crippen molar-refractivity contribution in [3.63, 3.8) is 0 Å². The number of nitrogens with one attached hydrogen (secondary N) is 2. The summed E-state index contributed by atoms with van der Waals surface area (Å²) < 4.78 is 5.08. The molecule has 0 aliphatic heterocycles. The molecule has 0 radical (unpaired) electrons. The van der Waals surface area contributed by atoms with E-state index in [1.807, 2.05) is 61.5 Å². The number of rotatable bonds is 8. The number of nitrogens with zero attached hydrogens (tertiary/aromatic N) is 2. The van der Waals surface area contributed by atoms with Crippen molar-refractivity contribution >= 4 is 17.4 Å². The van der Waals surface area contributed by atoms with Gasteiger partial charge in [-0.1, -0.05) is 48.5 Å². The van der Waals surface area contributed by atoms with Crippen LogP contribution in [-0.2, 0) is 4.74 Å². The number of hydrogen-bond acceptors (Lipinski definition) is 5. The number of methoxy groups -OCH3 is 1. The molecular weight excluding hydrogens is 352 g/mol. The van der Waals surface area contributed by atoms with Gasteiger partial charge in [-0.25, -0.2) is 9.97 Å². The average molecular weight is 376 g/mol. The van der Waals surface area contributed by atoms with Crippen LogP contribution in [0, 0.1) is 6.92 Å². The largest absolute Gasteiger partial charge is 0.385 e. The van der Waals surface area contributed by atoms with Gasteiger partial charge in [0.2, 0.25) is 0 Å². The zero-order chi connectivity index (χ0) is 19.8. The Kier molecular flexibility index (Phi) is 6.70. The maximum Gasteiger partial charge on any atom is 0.274 e. The van der Waals surface area contributed by atoms with Crippen molar-refractivity contribution in [1.29, 1.82) is 0 Å². The van der Waals surface area contributed by atoms with Crippen molar-refractivity contribution in [2.45, 2.75) is 13.3 Å². The molecule has 28 heavy (non-hydrogen) atoms. The third-order valence-corrected chi connectivity index (χ3v) is 4.22. The first kappa shape index (κ1) is 19.5. The lowest BCUT2D eigenvalue weighted by Crippen LogP contribution is -2.16. The Bertz CT molecular complexity index is 929. The second-order valence-electron chi connectivity index (χ2n) is 6.37. The molecule has 3 aromatic rings. The number of anilines is 2. The molecule has 1 amide bonds. The van der Waals surface area contributed by atoms with E-state index < -0.39 is 0 Å². The summed E-state index contributed by atoms with van der Waals surface area (Å²) in [5, 5.41) is 6.18. The van der Waals surface area contributed by atoms with Crippen LogP contribution in [0.1, 0.15) is 22.5 Å². The predicted molar refractivity (Wildman–Crippen MR) is 112 cm³/mol. The molecule has 144 valence electrons. The van der Waals surface area contributed by atoms with Crippen molar-refractivity contribution < 1.29 is 9.53 Å². The number of hydrogen-bond donors (Lipinski definition) is 2. The van der Waals surface area contributed by atoms with Crippen LogP contribution in [-0.4, -0.2) is 36.1 Å². The zero-order valence-electron chi connectivity index (χ0n) is 16.1. The lowest BCUT2D eigenvalue weighted by Gasteiger charge is -2.11. The number of carbonyl (C=O) groups excluding carboxylic acids is 1. The van der Waals surface area contributed by atoms with E-state index in [2.05, 4.69) is 20.6 Å². The van der Waals surface area contributed by atoms with Gasteiger partial charge in [-0.15, -0.1) is 0 Å². The van der Waals surface area contributed by atoms with Gasteiger partial charge in [0.1, 0.15) is 11.5 Å². The Hall–Kier alpha value is -3.25. The summed E-state index contributed by atoms with van der Waals surface area (Å²) in [6.07, 6.45) is 0.839. The lowest BCUT2D eigenvalue weighted by atomic mass is 10.2. The van der Waals surface area contributed by atoms with Crippen molar-refractivity contribution in [1.82, 2.24) is 9.97 Å². The van der Waals surface area contributed by atoms with Gasteiger partial charge in [-0.2, -0.15) is 0 Å². The van der Waals surface area contributed by atoms with Crippen LogP contribution in [0.2, 0.25) is 0 Å². The average Bonchev–Trinajstić information content (AvgIpc) is 2.73. The quantitative estimate of drug-likeness (QED) is 0.578. The van der Waals surface area contributed by atoms with Crippen LogP contribution < -0.4 is 10.6 Å². The first-order valence-corrected chi connectivity index (χ1v) is 9.21. The van der Waals surface area contributed by atoms with Crippen LogP contribution in [0.3, 0.4) is 0 Å². The Morgan fingerprint density at radius 1 is 1.04 bits per heavy atom. The summed E-state index contributed by atoms with van der Waals surface area (Å²) in [5.41, 5.74) is 2.92. The van der Waals surface area contributed by atoms with Crippen molar-refractivity contribution in [3.05, 3.63) is 71.9 Å². The molecular formula is C22H24N4O2. The van der Waals surface area contributed by atoms with E-state index in [9.17, 15) is 4.79 Å². The smallest absolute Gasteiger partial charge is 0.274 e. The minimum atomic E-state index is -0.270. The second kappa shape index (κ2) is 9.62. The predicted octanol–water partition coefficient (Wildman–Crippen LogP) is 4.15. The van der Waals surface area contributed by atoms with Crippen molar-refractivity contribution in [3.8, 4) is 11.4 Å². The standard InChI is InChI=1S/C22H24N4O2/c1-16-9-6-7-12-18(16)25-22(27)19-15-20(23-13-8-14-28-2)26-21(24-19)17-10-4-3-5-11-17/h3-7,9-12,15H,8,13-14H2,1-2H3,(H,25,27)(H,23,24,26). The fourth-order valence-corrected chi connectivity index (χ4v) is 2.70. The summed E-state index contributed by atoms with van der Waals surface area (Å²) in [4.78, 5) is 21.9. The SMILES string of the molecule is COCCCNc1cc(C(=O)Nc2ccccc2C)nc(-c2ccccc2)n1. The highest BCUT2D eigenvalue weighted by Crippen LogP contribution is 2.20. The maximum atomic E-state index is 12.8. The molecule has 3 rings (SSSR count). The number of amides is 1. The number of para-hydroxylation sites is 1. The van der Waals surface area contributed by atoms with Crippen LogP contribution in [0.4, 0.5) is 11.5 Å². The molecule has 0 fully saturated rings. The molecule has 2 aromatic carbocycles. The second-order valence-corrected chi connectivity index (χ2v) is 6.37. The van der Waals surface area contributed by atoms with Gasteiger partial charge in [0.25, 0.3) is 5.91 Å². The molecule has 0 saturated carbocycles. The minimum absolute atomic E-state index is 0.270. The number of carbonyl (C=O) groups is 1. The van der Waals surface area contributed by atoms with Gasteiger partial charge < -0.3 is 15.4 Å². The van der Waals surface area contributed by atoms with Gasteiger partial charge >= 0.3 is 0 Å². The molecule has 6 nitrogen and oxygen atoms in total. The Labute approximate surface area is 165 Å². The van der Waals surface area contributed by atoms with Crippen molar-refractivity contribution in [2.75, 3.05) is 30.9 Å². The van der Waals surface area contributed by atoms with Crippen LogP contribution in [0.5, 0.6) is 0 Å². The van der Waals surface area contributed by atoms with Crippen LogP contribution in [0.15, 0.2) is 60.7 Å². The van der Waals surface area contributed by atoms with Crippen LogP contribution in [0.25, 0.3) is 11.4 Å². The molecule has 0 bridgehead atoms. The van der Waals surface area contributed by atoms with Crippen molar-refractivity contribution in [2.24, 2.45) is 0 Å². The number of aromatic nitrogens is 2. The van der Waals surface area contributed by atoms with E-state index >= 15 is 0 Å². The summed E-state index contributed by atoms with van der Waals surface area (Å²) in [5.74, 6) is 0.848. The van der Waals surface area contributed by atoms with E-state index in [-0.39, 0.29) is 5.91 Å². The molecule has 1 aromatic heterocycles. The number of benzene rings is 2. The van der Waals surface area contributed by atoms with Gasteiger partial charge in [0.15, 0.2) is 5.82 Å². The van der Waals surface area contributed by atoms with Crippen LogP contribution >= 0.6 is 0 Å². The molecule has 1 heterocycles. The first-order valence-electron chi connectivity index (χ1n) is 9.21. The molecule has 0 spiro atoms. The fourth-order valence-electron chi connectivity index (χ4n) is 2.70. The third-order valence-electron chi connectivity index (χ3n) is 4.22. The molecule has 2 N–H and O–H groups in total. The Morgan fingerprint density at radius 3 is 2.54 bits per heavy atom. The van der Waals surface area contributed by atoms with E-state index in [0.29, 0.717) is 30.5 Å². The summed E-state index contributed by atoms with van der Waals surface area (Å²) in [7, 11) is 1.67. The molecule has 0 aliphatic rings. The van der Waals surface area contributed by atoms with Gasteiger partial charge in [0.05, 0.1) is 0 Å². The monoisotopic (exact) mass is 376 g/mol. The molecule has 0 unspecified atom stereocenters. The summed E-state index contributed by atoms with van der Waals surface area (Å²) >= 11 is 0. The summed E-state index contributed by atoms with van der Waals surface area (Å²) in [6.45, 7) is 3.30. The molecule has 0 atom stereocenters. The number of aryl methyl sites for hydroxylation is 1. The third kappa shape index (κ3) is 5.14. The highest BCUT2D eigenvalue weighted by atomic mass is 16.5. The van der Waals surface area contributed by atoms with E-state index in [1.165, 1.54) is 0 Å². The van der Waals surface area contributed by atoms with E-state index in [4.69, 9.17) is 4.74 Å².